The normalized spacial score (nSPS) is 11.8. The van der Waals surface area contributed by atoms with Gasteiger partial charge in [0.25, 0.3) is 0 Å². The van der Waals surface area contributed by atoms with Crippen LogP contribution in [0.4, 0.5) is 4.39 Å². The molecule has 5 heteroatoms. The van der Waals surface area contributed by atoms with E-state index in [1.54, 1.807) is 45.2 Å². The molecule has 0 aromatic carbocycles. The minimum atomic E-state index is -1.46. The van der Waals surface area contributed by atoms with E-state index in [-0.39, 0.29) is 18.4 Å². The highest BCUT2D eigenvalue weighted by Gasteiger charge is 2.24. The highest BCUT2D eigenvalue weighted by atomic mass is 127. The molecule has 0 saturated heterocycles. The van der Waals surface area contributed by atoms with Gasteiger partial charge in [-0.25, -0.2) is 4.39 Å². The van der Waals surface area contributed by atoms with Crippen molar-refractivity contribution in [1.29, 1.82) is 0 Å². The molecule has 1 amide bonds. The molecule has 0 fully saturated rings. The highest BCUT2D eigenvalue weighted by molar-refractivity contribution is 14.2. The molecule has 0 aliphatic heterocycles. The van der Waals surface area contributed by atoms with Crippen LogP contribution in [0.2, 0.25) is 0 Å². The maximum atomic E-state index is 12.8. The molecule has 0 aromatic heterocycles. The van der Waals surface area contributed by atoms with Crippen molar-refractivity contribution in [2.24, 2.45) is 0 Å². The Bertz CT molecular complexity index is 144. The summed E-state index contributed by atoms with van der Waals surface area (Å²) in [6.07, 6.45) is -0.0910. The molecule has 0 aromatic rings. The lowest BCUT2D eigenvalue weighted by atomic mass is 10.3. The Morgan fingerprint density at radius 3 is 2.36 bits per heavy atom. The van der Waals surface area contributed by atoms with E-state index < -0.39 is 1.68 Å². The SMILES string of the molecule is CC(C)NC(=O)CC(F)(I)I. The summed E-state index contributed by atoms with van der Waals surface area (Å²) in [6.45, 7) is 3.69. The Morgan fingerprint density at radius 1 is 1.64 bits per heavy atom. The topological polar surface area (TPSA) is 29.1 Å². The lowest BCUT2D eigenvalue weighted by molar-refractivity contribution is -0.122. The monoisotopic (exact) mass is 385 g/mol. The predicted molar refractivity (Wildman–Crippen MR) is 59.8 cm³/mol. The summed E-state index contributed by atoms with van der Waals surface area (Å²) >= 11 is 3.20. The Balaban J connectivity index is 3.71. The van der Waals surface area contributed by atoms with Crippen LogP contribution >= 0.6 is 45.2 Å². The summed E-state index contributed by atoms with van der Waals surface area (Å²) in [7, 11) is 0. The van der Waals surface area contributed by atoms with Gasteiger partial charge in [0, 0.05) is 6.04 Å². The van der Waals surface area contributed by atoms with Crippen molar-refractivity contribution in [1.82, 2.24) is 5.32 Å². The molecule has 0 heterocycles. The number of carbonyl (C=O) groups is 1. The largest absolute Gasteiger partial charge is 0.354 e. The number of rotatable bonds is 3. The second-order valence-corrected chi connectivity index (χ2v) is 8.00. The van der Waals surface area contributed by atoms with Gasteiger partial charge >= 0.3 is 0 Å². The first-order valence-electron chi connectivity index (χ1n) is 3.17. The first-order valence-corrected chi connectivity index (χ1v) is 5.33. The van der Waals surface area contributed by atoms with E-state index in [0.29, 0.717) is 0 Å². The van der Waals surface area contributed by atoms with E-state index in [0.717, 1.165) is 0 Å². The number of amides is 1. The molecule has 0 radical (unpaired) electrons. The summed E-state index contributed by atoms with van der Waals surface area (Å²) in [5, 5.41) is 2.61. The maximum Gasteiger partial charge on any atom is 0.225 e. The van der Waals surface area contributed by atoms with Crippen molar-refractivity contribution in [2.75, 3.05) is 0 Å². The van der Waals surface area contributed by atoms with Crippen LogP contribution < -0.4 is 5.32 Å². The lowest BCUT2D eigenvalue weighted by Gasteiger charge is -2.12. The molecule has 0 aliphatic rings. The third-order valence-corrected chi connectivity index (χ3v) is 1.57. The van der Waals surface area contributed by atoms with Crippen LogP contribution in [0.15, 0.2) is 0 Å². The Morgan fingerprint density at radius 2 is 2.09 bits per heavy atom. The maximum absolute atomic E-state index is 12.8. The average molecular weight is 385 g/mol. The van der Waals surface area contributed by atoms with Gasteiger partial charge in [-0.2, -0.15) is 0 Å². The fourth-order valence-corrected chi connectivity index (χ4v) is 1.25. The van der Waals surface area contributed by atoms with Crippen LogP contribution in [0, 0.1) is 0 Å². The summed E-state index contributed by atoms with van der Waals surface area (Å²) < 4.78 is 11.3. The van der Waals surface area contributed by atoms with E-state index in [1.165, 1.54) is 0 Å². The molecule has 0 rings (SSSR count). The van der Waals surface area contributed by atoms with Gasteiger partial charge in [-0.15, -0.1) is 0 Å². The van der Waals surface area contributed by atoms with Crippen LogP contribution in [-0.2, 0) is 4.79 Å². The van der Waals surface area contributed by atoms with Crippen molar-refractivity contribution in [3.63, 3.8) is 0 Å². The average Bonchev–Trinajstić information content (AvgIpc) is 1.53. The number of halogens is 3. The number of hydrogen-bond donors (Lipinski definition) is 1. The Labute approximate surface area is 93.0 Å². The van der Waals surface area contributed by atoms with Gasteiger partial charge < -0.3 is 5.32 Å². The van der Waals surface area contributed by atoms with Gasteiger partial charge in [0.15, 0.2) is 0 Å². The van der Waals surface area contributed by atoms with Crippen LogP contribution in [0.5, 0.6) is 0 Å². The lowest BCUT2D eigenvalue weighted by Crippen LogP contribution is -2.32. The molecule has 2 nitrogen and oxygen atoms in total. The fourth-order valence-electron chi connectivity index (χ4n) is 0.555. The first kappa shape index (κ1) is 11.9. The van der Waals surface area contributed by atoms with Crippen molar-refractivity contribution in [3.05, 3.63) is 0 Å². The van der Waals surface area contributed by atoms with Crippen LogP contribution in [0.3, 0.4) is 0 Å². The van der Waals surface area contributed by atoms with Crippen molar-refractivity contribution >= 4 is 51.1 Å². The molecule has 0 unspecified atom stereocenters. The molecular weight excluding hydrogens is 375 g/mol. The zero-order valence-electron chi connectivity index (χ0n) is 6.33. The third kappa shape index (κ3) is 8.77. The van der Waals surface area contributed by atoms with E-state index in [4.69, 9.17) is 0 Å². The highest BCUT2D eigenvalue weighted by Crippen LogP contribution is 2.32. The zero-order valence-corrected chi connectivity index (χ0v) is 10.6. The fraction of sp³-hybridized carbons (Fsp3) is 0.833. The standard InChI is InChI=1S/C6H10FI2NO/c1-4(2)10-5(11)3-6(7,8)9/h4H,3H2,1-2H3,(H,10,11). The van der Waals surface area contributed by atoms with Crippen LogP contribution in [0.25, 0.3) is 0 Å². The predicted octanol–water partition coefficient (Wildman–Crippen LogP) is 2.39. The van der Waals surface area contributed by atoms with Crippen molar-refractivity contribution in [2.45, 2.75) is 28.0 Å². The van der Waals surface area contributed by atoms with Gasteiger partial charge in [-0.3, -0.25) is 4.79 Å². The molecule has 66 valence electrons. The summed E-state index contributed by atoms with van der Waals surface area (Å²) in [5.74, 6) is -0.244. The Hall–Kier alpha value is 0.860. The quantitative estimate of drug-likeness (QED) is 0.587. The zero-order chi connectivity index (χ0) is 9.07. The molecule has 1 N–H and O–H groups in total. The molecular formula is C6H10FI2NO. The van der Waals surface area contributed by atoms with E-state index in [2.05, 4.69) is 5.32 Å². The number of carbonyl (C=O) groups excluding carboxylic acids is 1. The van der Waals surface area contributed by atoms with Gasteiger partial charge in [0.2, 0.25) is 7.59 Å². The second-order valence-electron chi connectivity index (χ2n) is 2.51. The smallest absolute Gasteiger partial charge is 0.225 e. The minimum absolute atomic E-state index is 0.0812. The molecule has 0 bridgehead atoms. The van der Waals surface area contributed by atoms with E-state index in [1.807, 2.05) is 13.8 Å². The van der Waals surface area contributed by atoms with E-state index in [9.17, 15) is 9.18 Å². The molecule has 0 saturated carbocycles. The van der Waals surface area contributed by atoms with Crippen LogP contribution in [0.1, 0.15) is 20.3 Å². The van der Waals surface area contributed by atoms with E-state index >= 15 is 0 Å². The summed E-state index contributed by atoms with van der Waals surface area (Å²) in [5.41, 5.74) is 0. The van der Waals surface area contributed by atoms with Gasteiger partial charge in [0.05, 0.1) is 6.42 Å². The summed E-state index contributed by atoms with van der Waals surface area (Å²) in [6, 6.07) is 0.0812. The van der Waals surface area contributed by atoms with Crippen molar-refractivity contribution < 1.29 is 9.18 Å². The minimum Gasteiger partial charge on any atom is -0.354 e. The molecule has 0 spiro atoms. The Kier molecular flexibility index (Phi) is 5.16. The van der Waals surface area contributed by atoms with Crippen molar-refractivity contribution in [3.8, 4) is 0 Å². The number of alkyl halides is 3. The summed E-state index contributed by atoms with van der Waals surface area (Å²) in [4.78, 5) is 10.9. The van der Waals surface area contributed by atoms with Gasteiger partial charge in [-0.1, -0.05) is 0 Å². The molecule has 0 aliphatic carbocycles. The first-order chi connectivity index (χ1) is 4.81. The number of nitrogens with one attached hydrogen (secondary N) is 1. The second kappa shape index (κ2) is 4.78. The van der Waals surface area contributed by atoms with Crippen LogP contribution in [-0.4, -0.2) is 13.6 Å². The molecule has 11 heavy (non-hydrogen) atoms. The van der Waals surface area contributed by atoms with Gasteiger partial charge in [-0.05, 0) is 59.0 Å². The van der Waals surface area contributed by atoms with Gasteiger partial charge in [0.1, 0.15) is 0 Å². The molecule has 0 atom stereocenters. The number of hydrogen-bond acceptors (Lipinski definition) is 1. The third-order valence-electron chi connectivity index (χ3n) is 0.811.